The molecule has 2 aliphatic rings. The highest BCUT2D eigenvalue weighted by Gasteiger charge is 2.46. The fourth-order valence-electron chi connectivity index (χ4n) is 4.46. The summed E-state index contributed by atoms with van der Waals surface area (Å²) < 4.78 is 5.73. The largest absolute Gasteiger partial charge is 0.491 e. The molecule has 0 saturated carbocycles. The number of urea groups is 1. The van der Waals surface area contributed by atoms with E-state index in [1.165, 1.54) is 10.5 Å². The molecule has 2 aromatic carbocycles. The summed E-state index contributed by atoms with van der Waals surface area (Å²) in [6.45, 7) is 4.95. The molecule has 1 N–H and O–H groups in total. The first kappa shape index (κ1) is 21.4. The number of carbonyl (C=O) groups excluding carboxylic acids is 2. The zero-order valence-electron chi connectivity index (χ0n) is 18.2. The van der Waals surface area contributed by atoms with Gasteiger partial charge in [0.2, 0.25) is 0 Å². The molecule has 6 heteroatoms. The SMILES string of the molecule is CC(C)(c1ccccc1)c1ccc(OCC(O)CN2C(=O)C3CCCCN3C2=O)cc1. The topological polar surface area (TPSA) is 70.1 Å². The van der Waals surface area contributed by atoms with Gasteiger partial charge in [0.25, 0.3) is 5.91 Å². The van der Waals surface area contributed by atoms with Gasteiger partial charge in [-0.3, -0.25) is 9.69 Å². The number of fused-ring (bicyclic) bond motifs is 1. The second-order valence-corrected chi connectivity index (χ2v) is 8.92. The molecular weight excluding hydrogens is 392 g/mol. The van der Waals surface area contributed by atoms with Crippen molar-refractivity contribution >= 4 is 11.9 Å². The van der Waals surface area contributed by atoms with Gasteiger partial charge >= 0.3 is 6.03 Å². The van der Waals surface area contributed by atoms with Crippen molar-refractivity contribution in [1.82, 2.24) is 9.80 Å². The van der Waals surface area contributed by atoms with E-state index in [0.717, 1.165) is 18.4 Å². The molecule has 0 aliphatic carbocycles. The third-order valence-electron chi connectivity index (χ3n) is 6.44. The summed E-state index contributed by atoms with van der Waals surface area (Å²) in [5.41, 5.74) is 2.26. The molecule has 31 heavy (non-hydrogen) atoms. The van der Waals surface area contributed by atoms with Crippen molar-refractivity contribution in [2.75, 3.05) is 19.7 Å². The lowest BCUT2D eigenvalue weighted by molar-refractivity contribution is -0.129. The molecule has 0 spiro atoms. The van der Waals surface area contributed by atoms with Gasteiger partial charge in [0.05, 0.1) is 6.54 Å². The lowest BCUT2D eigenvalue weighted by Gasteiger charge is -2.26. The number of amides is 3. The maximum atomic E-state index is 12.5. The number of benzene rings is 2. The first-order valence-corrected chi connectivity index (χ1v) is 11.0. The van der Waals surface area contributed by atoms with Gasteiger partial charge in [-0.25, -0.2) is 4.79 Å². The molecule has 2 aliphatic heterocycles. The van der Waals surface area contributed by atoms with Gasteiger partial charge in [0, 0.05) is 12.0 Å². The smallest absolute Gasteiger partial charge is 0.327 e. The maximum absolute atomic E-state index is 12.5. The van der Waals surface area contributed by atoms with Gasteiger partial charge in [0.1, 0.15) is 24.5 Å². The number of β-amino-alcohol motifs (C(OH)–C–C–N with tert-alkyl or cyclic N) is 1. The third-order valence-corrected chi connectivity index (χ3v) is 6.44. The van der Waals surface area contributed by atoms with E-state index in [1.807, 2.05) is 42.5 Å². The van der Waals surface area contributed by atoms with Gasteiger partial charge in [-0.1, -0.05) is 56.3 Å². The van der Waals surface area contributed by atoms with Crippen LogP contribution >= 0.6 is 0 Å². The number of imide groups is 1. The van der Waals surface area contributed by atoms with Crippen LogP contribution in [0.2, 0.25) is 0 Å². The van der Waals surface area contributed by atoms with E-state index in [1.54, 1.807) is 4.90 Å². The highest BCUT2D eigenvalue weighted by Crippen LogP contribution is 2.32. The van der Waals surface area contributed by atoms with Gasteiger partial charge in [-0.05, 0) is 42.5 Å². The second-order valence-electron chi connectivity index (χ2n) is 8.92. The Morgan fingerprint density at radius 1 is 1.03 bits per heavy atom. The first-order valence-electron chi connectivity index (χ1n) is 11.0. The number of ether oxygens (including phenoxy) is 1. The molecule has 3 amide bonds. The number of rotatable bonds is 7. The zero-order valence-corrected chi connectivity index (χ0v) is 18.2. The standard InChI is InChI=1S/C25H30N2O4/c1-25(2,18-8-4-3-5-9-18)19-11-13-21(14-12-19)31-17-20(28)16-27-23(29)22-10-6-7-15-26(22)24(27)30/h3-5,8-9,11-14,20,22,28H,6-7,10,15-17H2,1-2H3. The minimum Gasteiger partial charge on any atom is -0.491 e. The van der Waals surface area contributed by atoms with E-state index in [-0.39, 0.29) is 36.5 Å². The quantitative estimate of drug-likeness (QED) is 0.693. The van der Waals surface area contributed by atoms with E-state index >= 15 is 0 Å². The Labute approximate surface area is 183 Å². The number of aliphatic hydroxyl groups excluding tert-OH is 1. The van der Waals surface area contributed by atoms with Gasteiger partial charge in [-0.2, -0.15) is 0 Å². The molecule has 4 rings (SSSR count). The highest BCUT2D eigenvalue weighted by molar-refractivity contribution is 6.04. The molecule has 0 bridgehead atoms. The number of piperidine rings is 1. The van der Waals surface area contributed by atoms with Gasteiger partial charge in [-0.15, -0.1) is 0 Å². The van der Waals surface area contributed by atoms with Crippen LogP contribution in [-0.2, 0) is 10.2 Å². The minimum atomic E-state index is -0.935. The predicted molar refractivity (Wildman–Crippen MR) is 118 cm³/mol. The van der Waals surface area contributed by atoms with E-state index in [4.69, 9.17) is 4.74 Å². The summed E-state index contributed by atoms with van der Waals surface area (Å²) in [6.07, 6.45) is 1.65. The van der Waals surface area contributed by atoms with Crippen LogP contribution in [0.3, 0.4) is 0 Å². The molecule has 0 radical (unpaired) electrons. The van der Waals surface area contributed by atoms with E-state index in [0.29, 0.717) is 18.7 Å². The highest BCUT2D eigenvalue weighted by atomic mass is 16.5. The molecule has 6 nitrogen and oxygen atoms in total. The Hall–Kier alpha value is -2.86. The maximum Gasteiger partial charge on any atom is 0.327 e. The summed E-state index contributed by atoms with van der Waals surface area (Å²) in [5, 5.41) is 10.4. The lowest BCUT2D eigenvalue weighted by Crippen LogP contribution is -2.40. The molecule has 2 aromatic rings. The number of hydrogen-bond donors (Lipinski definition) is 1. The normalized spacial score (nSPS) is 20.0. The summed E-state index contributed by atoms with van der Waals surface area (Å²) in [5.74, 6) is 0.444. The molecule has 2 atom stereocenters. The van der Waals surface area contributed by atoms with Crippen molar-refractivity contribution in [2.24, 2.45) is 0 Å². The van der Waals surface area contributed by atoms with E-state index < -0.39 is 6.10 Å². The van der Waals surface area contributed by atoms with Crippen molar-refractivity contribution in [3.8, 4) is 5.75 Å². The number of carbonyl (C=O) groups is 2. The van der Waals surface area contributed by atoms with Crippen LogP contribution in [0.5, 0.6) is 5.75 Å². The van der Waals surface area contributed by atoms with Crippen LogP contribution in [0, 0.1) is 0 Å². The predicted octanol–water partition coefficient (Wildman–Crippen LogP) is 3.57. The molecule has 2 fully saturated rings. The fourth-order valence-corrected chi connectivity index (χ4v) is 4.46. The van der Waals surface area contributed by atoms with Crippen molar-refractivity contribution in [1.29, 1.82) is 0 Å². The van der Waals surface area contributed by atoms with E-state index in [2.05, 4.69) is 26.0 Å². The Morgan fingerprint density at radius 2 is 1.71 bits per heavy atom. The molecular formula is C25H30N2O4. The number of aliphatic hydroxyl groups is 1. The Kier molecular flexibility index (Phi) is 6.01. The second kappa shape index (κ2) is 8.71. The average Bonchev–Trinajstić information content (AvgIpc) is 3.03. The van der Waals surface area contributed by atoms with Crippen LogP contribution in [0.1, 0.15) is 44.2 Å². The monoisotopic (exact) mass is 422 g/mol. The van der Waals surface area contributed by atoms with Crippen molar-refractivity contribution < 1.29 is 19.4 Å². The summed E-state index contributed by atoms with van der Waals surface area (Å²) in [7, 11) is 0. The van der Waals surface area contributed by atoms with Crippen LogP contribution in [0.25, 0.3) is 0 Å². The summed E-state index contributed by atoms with van der Waals surface area (Å²) in [6, 6.07) is 17.5. The third kappa shape index (κ3) is 4.30. The molecule has 0 aromatic heterocycles. The zero-order chi connectivity index (χ0) is 22.0. The molecule has 2 heterocycles. The van der Waals surface area contributed by atoms with Crippen molar-refractivity contribution in [3.05, 3.63) is 65.7 Å². The Bertz CT molecular complexity index is 902. The first-order chi connectivity index (χ1) is 14.9. The van der Waals surface area contributed by atoms with Gasteiger partial charge in [0.15, 0.2) is 0 Å². The summed E-state index contributed by atoms with van der Waals surface area (Å²) >= 11 is 0. The van der Waals surface area contributed by atoms with Gasteiger partial charge < -0.3 is 14.7 Å². The van der Waals surface area contributed by atoms with Crippen molar-refractivity contribution in [2.45, 2.75) is 50.7 Å². The summed E-state index contributed by atoms with van der Waals surface area (Å²) in [4.78, 5) is 27.8. The minimum absolute atomic E-state index is 0.0170. The van der Waals surface area contributed by atoms with Crippen molar-refractivity contribution in [3.63, 3.8) is 0 Å². The molecule has 2 unspecified atom stereocenters. The Balaban J connectivity index is 1.33. The van der Waals surface area contributed by atoms with E-state index in [9.17, 15) is 14.7 Å². The van der Waals surface area contributed by atoms with Crippen LogP contribution in [0.15, 0.2) is 54.6 Å². The lowest BCUT2D eigenvalue weighted by atomic mass is 9.78. The van der Waals surface area contributed by atoms with Crippen LogP contribution < -0.4 is 4.74 Å². The number of nitrogens with zero attached hydrogens (tertiary/aromatic N) is 2. The fraction of sp³-hybridized carbons (Fsp3) is 0.440. The Morgan fingerprint density at radius 3 is 2.39 bits per heavy atom. The van der Waals surface area contributed by atoms with Crippen LogP contribution in [0.4, 0.5) is 4.79 Å². The average molecular weight is 423 g/mol. The molecule has 2 saturated heterocycles. The number of hydrogen-bond acceptors (Lipinski definition) is 4. The molecule has 164 valence electrons. The van der Waals surface area contributed by atoms with Crippen LogP contribution in [-0.4, -0.2) is 58.7 Å².